The number of carbonyl (C=O) groups excluding carboxylic acids is 1. The maximum Gasteiger partial charge on any atom is 0.418 e. The van der Waals surface area contributed by atoms with Crippen molar-refractivity contribution in [1.82, 2.24) is 15.0 Å². The molecule has 0 radical (unpaired) electrons. The third-order valence-corrected chi connectivity index (χ3v) is 4.43. The first kappa shape index (κ1) is 19.6. The number of amides is 1. The van der Waals surface area contributed by atoms with E-state index in [9.17, 15) is 22.8 Å². The van der Waals surface area contributed by atoms with Crippen LogP contribution in [0.4, 0.5) is 18.9 Å². The van der Waals surface area contributed by atoms with E-state index in [1.54, 1.807) is 6.92 Å². The zero-order chi connectivity index (χ0) is 20.5. The van der Waals surface area contributed by atoms with Crippen LogP contribution < -0.4 is 16.4 Å². The fraction of sp³-hybridized carbons (Fsp3) is 0.167. The highest BCUT2D eigenvalue weighted by Gasteiger charge is 2.33. The molecule has 0 atom stereocenters. The Bertz CT molecular complexity index is 1170. The number of hydrazine groups is 1. The van der Waals surface area contributed by atoms with Gasteiger partial charge in [0.15, 0.2) is 4.77 Å². The molecule has 0 aliphatic rings. The normalized spacial score (nSPS) is 11.4. The molecule has 6 nitrogen and oxygen atoms in total. The Morgan fingerprint density at radius 1 is 1.21 bits per heavy atom. The summed E-state index contributed by atoms with van der Waals surface area (Å²) < 4.78 is 40.6. The van der Waals surface area contributed by atoms with Gasteiger partial charge in [-0.2, -0.15) is 13.2 Å². The average molecular weight is 408 g/mol. The van der Waals surface area contributed by atoms with Gasteiger partial charge in [-0.3, -0.25) is 25.0 Å². The third kappa shape index (κ3) is 3.77. The molecular formula is C18H15F3N4O2S. The molecule has 0 unspecified atom stereocenters. The Morgan fingerprint density at radius 3 is 2.61 bits per heavy atom. The number of hydrogen-bond acceptors (Lipinski definition) is 4. The van der Waals surface area contributed by atoms with Gasteiger partial charge in [-0.05, 0) is 49.5 Å². The van der Waals surface area contributed by atoms with Gasteiger partial charge in [-0.15, -0.1) is 0 Å². The zero-order valence-electron chi connectivity index (χ0n) is 14.6. The van der Waals surface area contributed by atoms with Gasteiger partial charge in [-0.25, -0.2) is 0 Å². The fourth-order valence-electron chi connectivity index (χ4n) is 2.72. The Labute approximate surface area is 162 Å². The Morgan fingerprint density at radius 2 is 1.93 bits per heavy atom. The van der Waals surface area contributed by atoms with E-state index in [2.05, 4.69) is 15.8 Å². The Hall–Kier alpha value is -3.14. The molecule has 1 amide bonds. The predicted octanol–water partition coefficient (Wildman–Crippen LogP) is 3.85. The van der Waals surface area contributed by atoms with Crippen molar-refractivity contribution >= 4 is 34.7 Å². The van der Waals surface area contributed by atoms with Crippen molar-refractivity contribution in [3.8, 4) is 0 Å². The monoisotopic (exact) mass is 408 g/mol. The molecule has 1 heterocycles. The number of carbonyl (C=O) groups is 1. The van der Waals surface area contributed by atoms with Gasteiger partial charge in [0.1, 0.15) is 0 Å². The van der Waals surface area contributed by atoms with Gasteiger partial charge in [0.2, 0.25) is 0 Å². The highest BCUT2D eigenvalue weighted by Crippen LogP contribution is 2.34. The first-order valence-corrected chi connectivity index (χ1v) is 8.62. The number of aromatic amines is 1. The van der Waals surface area contributed by atoms with Crippen LogP contribution >= 0.6 is 12.2 Å². The van der Waals surface area contributed by atoms with Crippen LogP contribution in [-0.2, 0) is 12.7 Å². The van der Waals surface area contributed by atoms with Crippen molar-refractivity contribution in [3.63, 3.8) is 0 Å². The van der Waals surface area contributed by atoms with E-state index in [-0.39, 0.29) is 21.6 Å². The molecule has 2 aromatic carbocycles. The maximum absolute atomic E-state index is 13.0. The molecule has 0 fully saturated rings. The lowest BCUT2D eigenvalue weighted by Gasteiger charge is -2.15. The number of benzene rings is 2. The molecule has 0 aliphatic heterocycles. The number of rotatable bonds is 4. The van der Waals surface area contributed by atoms with Crippen molar-refractivity contribution in [1.29, 1.82) is 0 Å². The summed E-state index contributed by atoms with van der Waals surface area (Å²) in [6.07, 6.45) is -4.56. The fourth-order valence-corrected chi connectivity index (χ4v) is 3.04. The largest absolute Gasteiger partial charge is 0.418 e. The molecule has 0 bridgehead atoms. The van der Waals surface area contributed by atoms with E-state index >= 15 is 0 Å². The molecule has 28 heavy (non-hydrogen) atoms. The molecule has 146 valence electrons. The van der Waals surface area contributed by atoms with E-state index in [4.69, 9.17) is 12.2 Å². The summed E-state index contributed by atoms with van der Waals surface area (Å²) in [6, 6.07) is 9.07. The number of aromatic nitrogens is 2. The summed E-state index contributed by atoms with van der Waals surface area (Å²) in [5, 5.41) is 0.349. The lowest BCUT2D eigenvalue weighted by molar-refractivity contribution is -0.137. The van der Waals surface area contributed by atoms with Crippen LogP contribution in [0.3, 0.4) is 0 Å². The summed E-state index contributed by atoms with van der Waals surface area (Å²) in [5.74, 6) is -0.669. The van der Waals surface area contributed by atoms with Crippen LogP contribution in [0.1, 0.15) is 22.8 Å². The summed E-state index contributed by atoms with van der Waals surface area (Å²) >= 11 is 5.13. The summed E-state index contributed by atoms with van der Waals surface area (Å²) in [5.41, 5.74) is 3.56. The number of hydrogen-bond donors (Lipinski definition) is 3. The lowest BCUT2D eigenvalue weighted by atomic mass is 10.1. The Balaban J connectivity index is 1.87. The highest BCUT2D eigenvalue weighted by atomic mass is 32.1. The van der Waals surface area contributed by atoms with Gasteiger partial charge in [0.25, 0.3) is 11.5 Å². The minimum absolute atomic E-state index is 0.142. The van der Waals surface area contributed by atoms with E-state index in [0.29, 0.717) is 17.4 Å². The second kappa shape index (κ2) is 7.47. The van der Waals surface area contributed by atoms with Crippen LogP contribution in [0, 0.1) is 4.77 Å². The second-order valence-electron chi connectivity index (χ2n) is 5.86. The number of fused-ring (bicyclic) bond motifs is 1. The number of anilines is 1. The molecule has 0 saturated heterocycles. The van der Waals surface area contributed by atoms with Crippen LogP contribution in [0.2, 0.25) is 0 Å². The van der Waals surface area contributed by atoms with Crippen LogP contribution in [0.5, 0.6) is 0 Å². The molecule has 0 aliphatic carbocycles. The van der Waals surface area contributed by atoms with Gasteiger partial charge < -0.3 is 4.98 Å². The molecule has 0 spiro atoms. The van der Waals surface area contributed by atoms with Gasteiger partial charge in [-0.1, -0.05) is 12.1 Å². The van der Waals surface area contributed by atoms with Crippen molar-refractivity contribution in [2.24, 2.45) is 0 Å². The molecule has 3 N–H and O–H groups in total. The third-order valence-electron chi connectivity index (χ3n) is 4.10. The Kier molecular flexibility index (Phi) is 5.23. The second-order valence-corrected chi connectivity index (χ2v) is 6.25. The van der Waals surface area contributed by atoms with Crippen molar-refractivity contribution < 1.29 is 18.0 Å². The van der Waals surface area contributed by atoms with E-state index in [1.807, 2.05) is 0 Å². The summed E-state index contributed by atoms with van der Waals surface area (Å²) in [7, 11) is 0. The molecular weight excluding hydrogens is 393 g/mol. The minimum atomic E-state index is -4.56. The smallest absolute Gasteiger partial charge is 0.332 e. The first-order chi connectivity index (χ1) is 13.2. The zero-order valence-corrected chi connectivity index (χ0v) is 15.4. The van der Waals surface area contributed by atoms with E-state index in [0.717, 1.165) is 6.07 Å². The molecule has 3 aromatic rings. The number of nitrogens with zero attached hydrogens (tertiary/aromatic N) is 1. The van der Waals surface area contributed by atoms with E-state index in [1.165, 1.54) is 41.0 Å². The minimum Gasteiger partial charge on any atom is -0.332 e. The molecule has 3 rings (SSSR count). The molecule has 1 aromatic heterocycles. The van der Waals surface area contributed by atoms with E-state index < -0.39 is 17.6 Å². The van der Waals surface area contributed by atoms with Crippen molar-refractivity contribution in [2.75, 3.05) is 5.43 Å². The summed E-state index contributed by atoms with van der Waals surface area (Å²) in [6.45, 7) is 2.18. The number of halogens is 3. The van der Waals surface area contributed by atoms with Crippen molar-refractivity contribution in [2.45, 2.75) is 19.6 Å². The SMILES string of the molecule is CCn1c(=S)[nH]c2cc(C(=O)NNc3ccccc3C(F)(F)F)ccc2c1=O. The quantitative estimate of drug-likeness (QED) is 0.453. The van der Waals surface area contributed by atoms with Gasteiger partial charge in [0.05, 0.1) is 22.2 Å². The molecule has 10 heteroatoms. The maximum atomic E-state index is 13.0. The van der Waals surface area contributed by atoms with Gasteiger partial charge >= 0.3 is 6.18 Å². The number of nitrogens with one attached hydrogen (secondary N) is 3. The topological polar surface area (TPSA) is 78.9 Å². The average Bonchev–Trinajstić information content (AvgIpc) is 2.65. The standard InChI is InChI=1S/C18H15F3N4O2S/c1-2-25-16(27)11-8-7-10(9-14(11)22-17(25)28)15(26)24-23-13-6-4-3-5-12(13)18(19,20)21/h3-9,23H,2H2,1H3,(H,22,28)(H,24,26). The van der Waals surface area contributed by atoms with Crippen LogP contribution in [0.25, 0.3) is 10.9 Å². The number of alkyl halides is 3. The number of H-pyrrole nitrogens is 1. The van der Waals surface area contributed by atoms with Crippen LogP contribution in [-0.4, -0.2) is 15.5 Å². The van der Waals surface area contributed by atoms with Crippen molar-refractivity contribution in [3.05, 3.63) is 68.7 Å². The summed E-state index contributed by atoms with van der Waals surface area (Å²) in [4.78, 5) is 27.6. The highest BCUT2D eigenvalue weighted by molar-refractivity contribution is 7.71. The number of para-hydroxylation sites is 1. The van der Waals surface area contributed by atoms with Crippen LogP contribution in [0.15, 0.2) is 47.3 Å². The first-order valence-electron chi connectivity index (χ1n) is 8.22. The predicted molar refractivity (Wildman–Crippen MR) is 102 cm³/mol. The molecule has 0 saturated carbocycles. The van der Waals surface area contributed by atoms with Gasteiger partial charge in [0, 0.05) is 12.1 Å². The lowest BCUT2D eigenvalue weighted by Crippen LogP contribution is -2.30.